The predicted molar refractivity (Wildman–Crippen MR) is 99.1 cm³/mol. The van der Waals surface area contributed by atoms with Gasteiger partial charge in [-0.15, -0.1) is 0 Å². The number of benzene rings is 1. The maximum atomic E-state index is 13.1. The molecule has 3 rings (SSSR count). The van der Waals surface area contributed by atoms with Crippen LogP contribution in [0.5, 0.6) is 0 Å². The second-order valence-corrected chi connectivity index (χ2v) is 8.04. The first kappa shape index (κ1) is 19.1. The minimum Gasteiger partial charge on any atom is -0.478 e. The van der Waals surface area contributed by atoms with E-state index < -0.39 is 21.8 Å². The molecule has 1 aliphatic rings. The normalized spacial score (nSPS) is 15.2. The summed E-state index contributed by atoms with van der Waals surface area (Å²) in [4.78, 5) is 17.4. The summed E-state index contributed by atoms with van der Waals surface area (Å²) in [5, 5.41) is 9.23. The lowest BCUT2D eigenvalue weighted by atomic mass is 10.2. The highest BCUT2D eigenvalue weighted by Crippen LogP contribution is 2.29. The van der Waals surface area contributed by atoms with Crippen LogP contribution in [-0.2, 0) is 10.0 Å². The molecular weight excluding hydrogens is 373 g/mol. The molecule has 1 aromatic heterocycles. The van der Waals surface area contributed by atoms with Gasteiger partial charge in [-0.2, -0.15) is 0 Å². The number of hydrogen-bond acceptors (Lipinski definition) is 5. The van der Waals surface area contributed by atoms with Crippen LogP contribution in [0.3, 0.4) is 0 Å². The Kier molecular flexibility index (Phi) is 5.59. The standard InChI is InChI=1S/C18H20FN3O4S/c19-14-5-7-15(8-6-14)27(25,26)21-16-11-13(18(23)24)12-20-17(16)22-9-3-1-2-4-10-22/h5-8,11-12,21H,1-4,9-10H2,(H,23,24). The summed E-state index contributed by atoms with van der Waals surface area (Å²) in [6.45, 7) is 1.43. The van der Waals surface area contributed by atoms with Crippen molar-refractivity contribution in [3.05, 3.63) is 47.9 Å². The van der Waals surface area contributed by atoms with Crippen molar-refractivity contribution < 1.29 is 22.7 Å². The third-order valence-electron chi connectivity index (χ3n) is 4.39. The fourth-order valence-electron chi connectivity index (χ4n) is 3.00. The predicted octanol–water partition coefficient (Wildman–Crippen LogP) is 3.10. The molecule has 2 N–H and O–H groups in total. The van der Waals surface area contributed by atoms with Gasteiger partial charge in [0.05, 0.1) is 16.1 Å². The van der Waals surface area contributed by atoms with Crippen molar-refractivity contribution in [1.29, 1.82) is 0 Å². The average molecular weight is 393 g/mol. The molecule has 0 bridgehead atoms. The highest BCUT2D eigenvalue weighted by atomic mass is 32.2. The molecule has 1 aromatic carbocycles. The Bertz CT molecular complexity index is 924. The maximum absolute atomic E-state index is 13.1. The summed E-state index contributed by atoms with van der Waals surface area (Å²) < 4.78 is 40.8. The number of hydrogen-bond donors (Lipinski definition) is 2. The first-order valence-corrected chi connectivity index (χ1v) is 10.1. The van der Waals surface area contributed by atoms with E-state index in [2.05, 4.69) is 9.71 Å². The summed E-state index contributed by atoms with van der Waals surface area (Å²) in [6, 6.07) is 5.67. The van der Waals surface area contributed by atoms with Crippen molar-refractivity contribution in [1.82, 2.24) is 4.98 Å². The molecule has 2 aromatic rings. The summed E-state index contributed by atoms with van der Waals surface area (Å²) in [5.41, 5.74) is -0.0218. The van der Waals surface area contributed by atoms with Gasteiger partial charge in [0, 0.05) is 19.3 Å². The molecule has 2 heterocycles. The maximum Gasteiger partial charge on any atom is 0.337 e. The van der Waals surface area contributed by atoms with Crippen LogP contribution in [0.4, 0.5) is 15.9 Å². The zero-order chi connectivity index (χ0) is 19.4. The van der Waals surface area contributed by atoms with Crippen LogP contribution in [0.15, 0.2) is 41.4 Å². The largest absolute Gasteiger partial charge is 0.478 e. The van der Waals surface area contributed by atoms with E-state index >= 15 is 0 Å². The molecule has 1 aliphatic heterocycles. The van der Waals surface area contributed by atoms with Gasteiger partial charge >= 0.3 is 5.97 Å². The molecule has 0 aliphatic carbocycles. The van der Waals surface area contributed by atoms with Gasteiger partial charge in [0.15, 0.2) is 5.82 Å². The van der Waals surface area contributed by atoms with Gasteiger partial charge in [0.1, 0.15) is 5.82 Å². The number of carbonyl (C=O) groups is 1. The van der Waals surface area contributed by atoms with E-state index in [9.17, 15) is 22.7 Å². The molecule has 1 saturated heterocycles. The quantitative estimate of drug-likeness (QED) is 0.810. The van der Waals surface area contributed by atoms with Crippen LogP contribution < -0.4 is 9.62 Å². The van der Waals surface area contributed by atoms with Crippen LogP contribution in [-0.4, -0.2) is 37.6 Å². The van der Waals surface area contributed by atoms with Gasteiger partial charge in [-0.3, -0.25) is 4.72 Å². The summed E-state index contributed by atoms with van der Waals surface area (Å²) >= 11 is 0. The Morgan fingerprint density at radius 3 is 2.33 bits per heavy atom. The number of pyridine rings is 1. The molecule has 0 atom stereocenters. The first-order valence-electron chi connectivity index (χ1n) is 8.63. The SMILES string of the molecule is O=C(O)c1cnc(N2CCCCCC2)c(NS(=O)(=O)c2ccc(F)cc2)c1. The molecule has 7 nitrogen and oxygen atoms in total. The highest BCUT2D eigenvalue weighted by Gasteiger charge is 2.22. The van der Waals surface area contributed by atoms with Gasteiger partial charge in [-0.05, 0) is 43.2 Å². The summed E-state index contributed by atoms with van der Waals surface area (Å²) in [7, 11) is -4.02. The number of aromatic carboxylic acids is 1. The number of nitrogens with zero attached hydrogens (tertiary/aromatic N) is 2. The fourth-order valence-corrected chi connectivity index (χ4v) is 4.05. The molecular formula is C18H20FN3O4S. The van der Waals surface area contributed by atoms with Crippen LogP contribution in [0, 0.1) is 5.82 Å². The first-order chi connectivity index (χ1) is 12.9. The number of sulfonamides is 1. The van der Waals surface area contributed by atoms with Crippen molar-refractivity contribution in [2.24, 2.45) is 0 Å². The van der Waals surface area contributed by atoms with Gasteiger partial charge in [-0.1, -0.05) is 12.8 Å². The molecule has 0 spiro atoms. The summed E-state index contributed by atoms with van der Waals surface area (Å²) in [5.74, 6) is -1.35. The van der Waals surface area contributed by atoms with Crippen molar-refractivity contribution in [2.45, 2.75) is 30.6 Å². The Hall–Kier alpha value is -2.68. The van der Waals surface area contributed by atoms with E-state index in [0.717, 1.165) is 49.9 Å². The summed E-state index contributed by atoms with van der Waals surface area (Å²) in [6.07, 6.45) is 5.29. The smallest absolute Gasteiger partial charge is 0.337 e. The van der Waals surface area contributed by atoms with E-state index in [0.29, 0.717) is 18.9 Å². The molecule has 0 radical (unpaired) electrons. The molecule has 27 heavy (non-hydrogen) atoms. The van der Waals surface area contributed by atoms with E-state index in [-0.39, 0.29) is 16.1 Å². The Morgan fingerprint density at radius 2 is 1.74 bits per heavy atom. The van der Waals surface area contributed by atoms with Gasteiger partial charge in [-0.25, -0.2) is 22.6 Å². The topological polar surface area (TPSA) is 99.6 Å². The number of carboxylic acids is 1. The fraction of sp³-hybridized carbons (Fsp3) is 0.333. The molecule has 0 unspecified atom stereocenters. The van der Waals surface area contributed by atoms with Crippen molar-refractivity contribution >= 4 is 27.5 Å². The third kappa shape index (κ3) is 4.54. The van der Waals surface area contributed by atoms with E-state index in [4.69, 9.17) is 0 Å². The van der Waals surface area contributed by atoms with Gasteiger partial charge < -0.3 is 10.0 Å². The average Bonchev–Trinajstić information content (AvgIpc) is 2.91. The molecule has 144 valence electrons. The van der Waals surface area contributed by atoms with Gasteiger partial charge in [0.25, 0.3) is 10.0 Å². The lowest BCUT2D eigenvalue weighted by Crippen LogP contribution is -2.27. The number of aromatic nitrogens is 1. The second kappa shape index (κ2) is 7.91. The third-order valence-corrected chi connectivity index (χ3v) is 5.77. The van der Waals surface area contributed by atoms with Gasteiger partial charge in [0.2, 0.25) is 0 Å². The van der Waals surface area contributed by atoms with Crippen LogP contribution in [0.25, 0.3) is 0 Å². The van der Waals surface area contributed by atoms with E-state index in [1.54, 1.807) is 0 Å². The van der Waals surface area contributed by atoms with E-state index in [1.807, 2.05) is 4.90 Å². The van der Waals surface area contributed by atoms with Crippen molar-refractivity contribution in [2.75, 3.05) is 22.7 Å². The lowest BCUT2D eigenvalue weighted by molar-refractivity contribution is 0.0696. The number of carboxylic acid groups (broad SMARTS) is 1. The van der Waals surface area contributed by atoms with E-state index in [1.165, 1.54) is 12.3 Å². The van der Waals surface area contributed by atoms with Crippen LogP contribution >= 0.6 is 0 Å². The molecule has 0 saturated carbocycles. The molecule has 1 fully saturated rings. The zero-order valence-electron chi connectivity index (χ0n) is 14.6. The minimum atomic E-state index is -4.02. The van der Waals surface area contributed by atoms with Crippen molar-refractivity contribution in [3.63, 3.8) is 0 Å². The Labute approximate surface area is 156 Å². The molecule has 0 amide bonds. The second-order valence-electron chi connectivity index (χ2n) is 6.36. The van der Waals surface area contributed by atoms with Crippen molar-refractivity contribution in [3.8, 4) is 0 Å². The Balaban J connectivity index is 1.99. The molecule has 9 heteroatoms. The monoisotopic (exact) mass is 393 g/mol. The zero-order valence-corrected chi connectivity index (χ0v) is 15.4. The lowest BCUT2D eigenvalue weighted by Gasteiger charge is -2.24. The van der Waals surface area contributed by atoms with Crippen LogP contribution in [0.1, 0.15) is 36.0 Å². The number of nitrogens with one attached hydrogen (secondary N) is 1. The Morgan fingerprint density at radius 1 is 1.11 bits per heavy atom. The number of anilines is 2. The number of halogens is 1. The minimum absolute atomic E-state index is 0.0983. The number of rotatable bonds is 5. The highest BCUT2D eigenvalue weighted by molar-refractivity contribution is 7.92. The van der Waals surface area contributed by atoms with Crippen LogP contribution in [0.2, 0.25) is 0 Å².